The van der Waals surface area contributed by atoms with E-state index in [4.69, 9.17) is 9.47 Å². The number of sulfonamides is 1. The van der Waals surface area contributed by atoms with Gasteiger partial charge in [0.1, 0.15) is 0 Å². The van der Waals surface area contributed by atoms with Gasteiger partial charge in [-0.1, -0.05) is 40.2 Å². The van der Waals surface area contributed by atoms with Gasteiger partial charge in [-0.2, -0.15) is 4.31 Å². The molecule has 3 rings (SSSR count). The summed E-state index contributed by atoms with van der Waals surface area (Å²) in [5, 5.41) is 0. The lowest BCUT2D eigenvalue weighted by Crippen LogP contribution is -2.40. The normalized spacial score (nSPS) is 15.1. The van der Waals surface area contributed by atoms with Crippen LogP contribution in [0, 0.1) is 6.92 Å². The molecule has 0 atom stereocenters. The van der Waals surface area contributed by atoms with Crippen molar-refractivity contribution in [2.24, 2.45) is 0 Å². The molecule has 0 amide bonds. The van der Waals surface area contributed by atoms with E-state index in [0.717, 1.165) is 0 Å². The lowest BCUT2D eigenvalue weighted by molar-refractivity contribution is 0.0473. The van der Waals surface area contributed by atoms with Crippen LogP contribution in [0.3, 0.4) is 0 Å². The molecule has 1 fully saturated rings. The summed E-state index contributed by atoms with van der Waals surface area (Å²) in [6.45, 7) is 2.42. The van der Waals surface area contributed by atoms with Gasteiger partial charge in [-0.3, -0.25) is 4.79 Å². The Morgan fingerprint density at radius 3 is 2.48 bits per heavy atom. The van der Waals surface area contributed by atoms with Gasteiger partial charge >= 0.3 is 5.97 Å². The van der Waals surface area contributed by atoms with Crippen molar-refractivity contribution in [3.63, 3.8) is 0 Å². The number of morpholine rings is 1. The van der Waals surface area contributed by atoms with Crippen LogP contribution in [0.5, 0.6) is 0 Å². The average molecular weight is 482 g/mol. The minimum atomic E-state index is -3.74. The van der Waals surface area contributed by atoms with Gasteiger partial charge in [-0.25, -0.2) is 13.2 Å². The second-order valence-corrected chi connectivity index (χ2v) is 9.26. The first-order valence-electron chi connectivity index (χ1n) is 8.94. The molecule has 1 saturated heterocycles. The van der Waals surface area contributed by atoms with Gasteiger partial charge in [0.25, 0.3) is 0 Å². The van der Waals surface area contributed by atoms with Crippen molar-refractivity contribution in [2.45, 2.75) is 11.8 Å². The molecular formula is C20H20BrNO6S. The minimum Gasteiger partial charge on any atom is -0.454 e. The van der Waals surface area contributed by atoms with Crippen LogP contribution < -0.4 is 0 Å². The maximum absolute atomic E-state index is 12.8. The number of aryl methyl sites for hydroxylation is 1. The monoisotopic (exact) mass is 481 g/mol. The van der Waals surface area contributed by atoms with Crippen LogP contribution in [0.1, 0.15) is 26.3 Å². The topological polar surface area (TPSA) is 90.0 Å². The van der Waals surface area contributed by atoms with E-state index in [1.165, 1.54) is 16.4 Å². The maximum Gasteiger partial charge on any atom is 0.338 e. The Morgan fingerprint density at radius 1 is 1.10 bits per heavy atom. The third-order valence-electron chi connectivity index (χ3n) is 4.55. The van der Waals surface area contributed by atoms with E-state index >= 15 is 0 Å². The predicted octanol–water partition coefficient (Wildman–Crippen LogP) is 2.82. The first-order valence-corrected chi connectivity index (χ1v) is 11.2. The summed E-state index contributed by atoms with van der Waals surface area (Å²) >= 11 is 3.29. The van der Waals surface area contributed by atoms with Gasteiger partial charge in [0.2, 0.25) is 15.8 Å². The highest BCUT2D eigenvalue weighted by atomic mass is 79.9. The van der Waals surface area contributed by atoms with Crippen molar-refractivity contribution in [1.29, 1.82) is 0 Å². The zero-order chi connectivity index (χ0) is 21.0. The van der Waals surface area contributed by atoms with E-state index in [-0.39, 0.29) is 29.3 Å². The smallest absolute Gasteiger partial charge is 0.338 e. The largest absolute Gasteiger partial charge is 0.454 e. The number of rotatable bonds is 6. The SMILES string of the molecule is Cc1ccc(S(=O)(=O)N2CCOCC2)cc1C(=O)OCC(=O)c1ccccc1Br. The van der Waals surface area contributed by atoms with Crippen LogP contribution in [-0.2, 0) is 19.5 Å². The Kier molecular flexibility index (Phi) is 6.84. The third kappa shape index (κ3) is 4.92. The van der Waals surface area contributed by atoms with Crippen LogP contribution in [0.4, 0.5) is 0 Å². The van der Waals surface area contributed by atoms with E-state index in [1.54, 1.807) is 37.3 Å². The van der Waals surface area contributed by atoms with Crippen LogP contribution >= 0.6 is 15.9 Å². The highest BCUT2D eigenvalue weighted by molar-refractivity contribution is 9.10. The number of nitrogens with zero attached hydrogens (tertiary/aromatic N) is 1. The van der Waals surface area contributed by atoms with Gasteiger partial charge in [0.05, 0.1) is 23.7 Å². The molecule has 2 aromatic carbocycles. The molecule has 7 nitrogen and oxygen atoms in total. The molecule has 1 aliphatic rings. The summed E-state index contributed by atoms with van der Waals surface area (Å²) in [6.07, 6.45) is 0. The van der Waals surface area contributed by atoms with Crippen molar-refractivity contribution in [3.8, 4) is 0 Å². The highest BCUT2D eigenvalue weighted by Crippen LogP contribution is 2.22. The molecule has 0 saturated carbocycles. The summed E-state index contributed by atoms with van der Waals surface area (Å²) in [5.41, 5.74) is 1.07. The summed E-state index contributed by atoms with van der Waals surface area (Å²) in [4.78, 5) is 24.8. The van der Waals surface area contributed by atoms with Crippen molar-refractivity contribution in [2.75, 3.05) is 32.9 Å². The number of ether oxygens (including phenoxy) is 2. The number of carbonyl (C=O) groups excluding carboxylic acids is 2. The number of carbonyl (C=O) groups is 2. The molecule has 2 aromatic rings. The van der Waals surface area contributed by atoms with Gasteiger partial charge < -0.3 is 9.47 Å². The molecule has 0 spiro atoms. The van der Waals surface area contributed by atoms with Gasteiger partial charge in [0.15, 0.2) is 6.61 Å². The fraction of sp³-hybridized carbons (Fsp3) is 0.300. The average Bonchev–Trinajstić information content (AvgIpc) is 2.73. The van der Waals surface area contributed by atoms with Crippen LogP contribution in [0.2, 0.25) is 0 Å². The van der Waals surface area contributed by atoms with E-state index in [0.29, 0.717) is 28.8 Å². The zero-order valence-corrected chi connectivity index (χ0v) is 18.2. The second kappa shape index (κ2) is 9.17. The van der Waals surface area contributed by atoms with E-state index in [1.807, 2.05) is 0 Å². The summed E-state index contributed by atoms with van der Waals surface area (Å²) in [5.74, 6) is -1.11. The Labute approximate surface area is 177 Å². The lowest BCUT2D eigenvalue weighted by atomic mass is 10.1. The number of ketones is 1. The van der Waals surface area contributed by atoms with Crippen molar-refractivity contribution in [1.82, 2.24) is 4.31 Å². The molecule has 0 unspecified atom stereocenters. The molecule has 154 valence electrons. The van der Waals surface area contributed by atoms with Crippen molar-refractivity contribution >= 4 is 37.7 Å². The van der Waals surface area contributed by atoms with E-state index in [2.05, 4.69) is 15.9 Å². The minimum absolute atomic E-state index is 0.00841. The lowest BCUT2D eigenvalue weighted by Gasteiger charge is -2.26. The zero-order valence-electron chi connectivity index (χ0n) is 15.8. The van der Waals surface area contributed by atoms with E-state index < -0.39 is 22.6 Å². The summed E-state index contributed by atoms with van der Waals surface area (Å²) in [6, 6.07) is 11.1. The number of esters is 1. The Bertz CT molecular complexity index is 1030. The fourth-order valence-electron chi connectivity index (χ4n) is 2.89. The van der Waals surface area contributed by atoms with Crippen molar-refractivity contribution < 1.29 is 27.5 Å². The molecule has 0 radical (unpaired) electrons. The number of hydrogen-bond donors (Lipinski definition) is 0. The number of hydrogen-bond acceptors (Lipinski definition) is 6. The fourth-order valence-corrected chi connectivity index (χ4v) is 4.83. The number of Topliss-reactive ketones (excluding diaryl/α,β-unsaturated/α-hetero) is 1. The van der Waals surface area contributed by atoms with Crippen molar-refractivity contribution in [3.05, 3.63) is 63.6 Å². The maximum atomic E-state index is 12.8. The summed E-state index contributed by atoms with van der Waals surface area (Å²) in [7, 11) is -3.74. The van der Waals surface area contributed by atoms with Crippen LogP contribution in [0.25, 0.3) is 0 Å². The molecule has 0 aromatic heterocycles. The first kappa shape index (κ1) is 21.6. The molecule has 29 heavy (non-hydrogen) atoms. The van der Waals surface area contributed by atoms with Gasteiger partial charge in [0, 0.05) is 23.1 Å². The number of benzene rings is 2. The van der Waals surface area contributed by atoms with Crippen LogP contribution in [-0.4, -0.2) is 57.4 Å². The predicted molar refractivity (Wildman–Crippen MR) is 110 cm³/mol. The highest BCUT2D eigenvalue weighted by Gasteiger charge is 2.27. The summed E-state index contributed by atoms with van der Waals surface area (Å²) < 4.78 is 37.9. The third-order valence-corrected chi connectivity index (χ3v) is 7.13. The van der Waals surface area contributed by atoms with Crippen LogP contribution in [0.15, 0.2) is 51.8 Å². The molecule has 0 N–H and O–H groups in total. The number of halogens is 1. The first-order chi connectivity index (χ1) is 13.8. The molecule has 9 heteroatoms. The molecular weight excluding hydrogens is 462 g/mol. The Balaban J connectivity index is 1.76. The molecule has 0 bridgehead atoms. The van der Waals surface area contributed by atoms with E-state index in [9.17, 15) is 18.0 Å². The standard InChI is InChI=1S/C20H20BrNO6S/c1-14-6-7-15(29(25,26)22-8-10-27-11-9-22)12-17(14)20(24)28-13-19(23)16-4-2-3-5-18(16)21/h2-7,12H,8-11,13H2,1H3. The second-order valence-electron chi connectivity index (χ2n) is 6.47. The molecule has 1 heterocycles. The molecule has 1 aliphatic heterocycles. The Hall–Kier alpha value is -2.07. The quantitative estimate of drug-likeness (QED) is 0.465. The van der Waals surface area contributed by atoms with Gasteiger partial charge in [-0.05, 0) is 30.7 Å². The Morgan fingerprint density at radius 2 is 1.79 bits per heavy atom. The molecule has 0 aliphatic carbocycles. The van der Waals surface area contributed by atoms with Gasteiger partial charge in [-0.15, -0.1) is 0 Å².